The van der Waals surface area contributed by atoms with Gasteiger partial charge in [-0.2, -0.15) is 0 Å². The molecule has 0 aromatic heterocycles. The van der Waals surface area contributed by atoms with E-state index in [1.807, 2.05) is 30.3 Å². The molecule has 1 N–H and O–H groups in total. The Kier molecular flexibility index (Phi) is 5.10. The van der Waals surface area contributed by atoms with Crippen LogP contribution in [-0.4, -0.2) is 6.04 Å². The molecule has 1 fully saturated rings. The van der Waals surface area contributed by atoms with Gasteiger partial charge in [0.1, 0.15) is 5.82 Å². The van der Waals surface area contributed by atoms with E-state index in [9.17, 15) is 4.39 Å². The maximum absolute atomic E-state index is 14.1. The number of benzene rings is 3. The molecule has 0 spiro atoms. The van der Waals surface area contributed by atoms with E-state index in [1.54, 1.807) is 6.07 Å². The molecule has 0 saturated heterocycles. The first-order valence-corrected chi connectivity index (χ1v) is 10.1. The molecular weight excluding hydrogens is 389 g/mol. The van der Waals surface area contributed by atoms with Gasteiger partial charge in [-0.1, -0.05) is 58.4 Å². The first-order valence-electron chi connectivity index (χ1n) is 9.30. The van der Waals surface area contributed by atoms with Crippen LogP contribution in [-0.2, 0) is 0 Å². The lowest BCUT2D eigenvalue weighted by Gasteiger charge is -2.22. The highest BCUT2D eigenvalue weighted by atomic mass is 79.9. The van der Waals surface area contributed by atoms with Gasteiger partial charge in [0.05, 0.1) is 0 Å². The molecule has 1 aliphatic carbocycles. The molecule has 1 unspecified atom stereocenters. The molecule has 0 amide bonds. The summed E-state index contributed by atoms with van der Waals surface area (Å²) in [4.78, 5) is 0. The molecule has 0 aliphatic heterocycles. The van der Waals surface area contributed by atoms with Crippen molar-refractivity contribution in [2.24, 2.45) is 0 Å². The molecule has 1 aliphatic rings. The predicted molar refractivity (Wildman–Crippen MR) is 110 cm³/mol. The van der Waals surface area contributed by atoms with Gasteiger partial charge in [-0.25, -0.2) is 4.39 Å². The SMILES string of the molecule is C[C@@H](N[C@H]1CCC(c2cccc(Br)c2)C1)c1ccc(F)c2ccccc12. The summed E-state index contributed by atoms with van der Waals surface area (Å²) in [6.07, 6.45) is 3.55. The molecule has 0 radical (unpaired) electrons. The fourth-order valence-corrected chi connectivity index (χ4v) is 4.72. The number of hydrogen-bond acceptors (Lipinski definition) is 1. The Morgan fingerprint density at radius 2 is 1.81 bits per heavy atom. The van der Waals surface area contributed by atoms with Crippen molar-refractivity contribution in [1.82, 2.24) is 5.32 Å². The standard InChI is InChI=1S/C23H23BrFN/c1-15(20-11-12-23(25)22-8-3-2-7-21(20)22)26-19-10-9-17(14-19)16-5-4-6-18(24)13-16/h2-8,11-13,15,17,19,26H,9-10,14H2,1H3/t15-,17?,19+/m1/s1. The number of rotatable bonds is 4. The third-order valence-electron chi connectivity index (χ3n) is 5.61. The van der Waals surface area contributed by atoms with Crippen LogP contribution in [0.4, 0.5) is 4.39 Å². The minimum Gasteiger partial charge on any atom is -0.307 e. The molecule has 4 rings (SSSR count). The minimum absolute atomic E-state index is 0.146. The Morgan fingerprint density at radius 1 is 1.00 bits per heavy atom. The van der Waals surface area contributed by atoms with Crippen molar-refractivity contribution < 1.29 is 4.39 Å². The van der Waals surface area contributed by atoms with Crippen LogP contribution >= 0.6 is 15.9 Å². The molecule has 0 bridgehead atoms. The molecule has 134 valence electrons. The van der Waals surface area contributed by atoms with Gasteiger partial charge in [0, 0.05) is 21.9 Å². The minimum atomic E-state index is -0.146. The van der Waals surface area contributed by atoms with Crippen LogP contribution in [0.25, 0.3) is 10.8 Å². The highest BCUT2D eigenvalue weighted by molar-refractivity contribution is 9.10. The van der Waals surface area contributed by atoms with E-state index in [2.05, 4.69) is 52.4 Å². The quantitative estimate of drug-likeness (QED) is 0.501. The van der Waals surface area contributed by atoms with Crippen LogP contribution in [0.3, 0.4) is 0 Å². The van der Waals surface area contributed by atoms with Crippen LogP contribution < -0.4 is 5.32 Å². The smallest absolute Gasteiger partial charge is 0.131 e. The predicted octanol–water partition coefficient (Wildman–Crippen LogP) is 6.73. The van der Waals surface area contributed by atoms with E-state index >= 15 is 0 Å². The molecule has 1 saturated carbocycles. The second-order valence-corrected chi connectivity index (χ2v) is 8.25. The largest absolute Gasteiger partial charge is 0.307 e. The summed E-state index contributed by atoms with van der Waals surface area (Å²) in [5.74, 6) is 0.467. The second-order valence-electron chi connectivity index (χ2n) is 7.33. The van der Waals surface area contributed by atoms with E-state index in [0.717, 1.165) is 16.3 Å². The summed E-state index contributed by atoms with van der Waals surface area (Å²) < 4.78 is 15.2. The van der Waals surface area contributed by atoms with Gasteiger partial charge in [0.15, 0.2) is 0 Å². The molecule has 1 nitrogen and oxygen atoms in total. The summed E-state index contributed by atoms with van der Waals surface area (Å²) >= 11 is 3.58. The van der Waals surface area contributed by atoms with Crippen molar-refractivity contribution in [1.29, 1.82) is 0 Å². The number of fused-ring (bicyclic) bond motifs is 1. The highest BCUT2D eigenvalue weighted by Crippen LogP contribution is 2.37. The normalized spacial score (nSPS) is 21.2. The second kappa shape index (κ2) is 7.50. The van der Waals surface area contributed by atoms with Gasteiger partial charge in [-0.15, -0.1) is 0 Å². The Bertz CT molecular complexity index is 923. The third-order valence-corrected chi connectivity index (χ3v) is 6.10. The fourth-order valence-electron chi connectivity index (χ4n) is 4.30. The van der Waals surface area contributed by atoms with Crippen LogP contribution in [0.1, 0.15) is 49.3 Å². The lowest BCUT2D eigenvalue weighted by atomic mass is 9.96. The molecular formula is C23H23BrFN. The van der Waals surface area contributed by atoms with Gasteiger partial charge < -0.3 is 5.32 Å². The van der Waals surface area contributed by atoms with Crippen molar-refractivity contribution in [2.45, 2.75) is 44.2 Å². The van der Waals surface area contributed by atoms with E-state index in [0.29, 0.717) is 17.3 Å². The van der Waals surface area contributed by atoms with Crippen molar-refractivity contribution in [2.75, 3.05) is 0 Å². The monoisotopic (exact) mass is 411 g/mol. The lowest BCUT2D eigenvalue weighted by molar-refractivity contribution is 0.458. The van der Waals surface area contributed by atoms with Gasteiger partial charge in [0.2, 0.25) is 0 Å². The van der Waals surface area contributed by atoms with Gasteiger partial charge in [0.25, 0.3) is 0 Å². The zero-order valence-corrected chi connectivity index (χ0v) is 16.5. The summed E-state index contributed by atoms with van der Waals surface area (Å²) in [6.45, 7) is 2.19. The first kappa shape index (κ1) is 17.7. The Morgan fingerprint density at radius 3 is 2.62 bits per heavy atom. The van der Waals surface area contributed by atoms with Crippen LogP contribution in [0.15, 0.2) is 65.1 Å². The Hall–Kier alpha value is -1.71. The molecule has 3 heteroatoms. The average molecular weight is 412 g/mol. The Balaban J connectivity index is 1.49. The van der Waals surface area contributed by atoms with Crippen molar-refractivity contribution in [3.8, 4) is 0 Å². The van der Waals surface area contributed by atoms with Gasteiger partial charge in [-0.3, -0.25) is 0 Å². The first-order chi connectivity index (χ1) is 12.6. The maximum Gasteiger partial charge on any atom is 0.131 e. The van der Waals surface area contributed by atoms with Gasteiger partial charge >= 0.3 is 0 Å². The fraction of sp³-hybridized carbons (Fsp3) is 0.304. The zero-order chi connectivity index (χ0) is 18.1. The highest BCUT2D eigenvalue weighted by Gasteiger charge is 2.27. The number of hydrogen-bond donors (Lipinski definition) is 1. The summed E-state index contributed by atoms with van der Waals surface area (Å²) in [6, 6.07) is 20.6. The number of halogens is 2. The maximum atomic E-state index is 14.1. The van der Waals surface area contributed by atoms with Crippen LogP contribution in [0.2, 0.25) is 0 Å². The van der Waals surface area contributed by atoms with Gasteiger partial charge in [-0.05, 0) is 66.8 Å². The zero-order valence-electron chi connectivity index (χ0n) is 14.9. The number of nitrogens with one attached hydrogen (secondary N) is 1. The molecule has 3 aromatic rings. The topological polar surface area (TPSA) is 12.0 Å². The van der Waals surface area contributed by atoms with Crippen molar-refractivity contribution in [3.05, 3.63) is 82.1 Å². The van der Waals surface area contributed by atoms with E-state index in [4.69, 9.17) is 0 Å². The van der Waals surface area contributed by atoms with E-state index in [1.165, 1.54) is 24.0 Å². The molecule has 0 heterocycles. The van der Waals surface area contributed by atoms with Crippen molar-refractivity contribution >= 4 is 26.7 Å². The van der Waals surface area contributed by atoms with E-state index < -0.39 is 0 Å². The molecule has 26 heavy (non-hydrogen) atoms. The lowest BCUT2D eigenvalue weighted by Crippen LogP contribution is -2.29. The molecule has 3 atom stereocenters. The van der Waals surface area contributed by atoms with Crippen LogP contribution in [0.5, 0.6) is 0 Å². The van der Waals surface area contributed by atoms with E-state index in [-0.39, 0.29) is 11.9 Å². The average Bonchev–Trinajstić information content (AvgIpc) is 3.11. The van der Waals surface area contributed by atoms with Crippen LogP contribution in [0, 0.1) is 5.82 Å². The third kappa shape index (κ3) is 3.56. The molecule has 3 aromatic carbocycles. The summed E-state index contributed by atoms with van der Waals surface area (Å²) in [7, 11) is 0. The summed E-state index contributed by atoms with van der Waals surface area (Å²) in [5, 5.41) is 5.50. The Labute approximate surface area is 162 Å². The summed E-state index contributed by atoms with van der Waals surface area (Å²) in [5.41, 5.74) is 2.59. The van der Waals surface area contributed by atoms with Crippen molar-refractivity contribution in [3.63, 3.8) is 0 Å².